The lowest BCUT2D eigenvalue weighted by atomic mass is 10.0. The van der Waals surface area contributed by atoms with Crippen molar-refractivity contribution in [2.75, 3.05) is 25.1 Å². The zero-order valence-corrected chi connectivity index (χ0v) is 18.3. The molecule has 32 heavy (non-hydrogen) atoms. The van der Waals surface area contributed by atoms with Gasteiger partial charge in [0.1, 0.15) is 5.75 Å². The number of nitrogens with zero attached hydrogens (tertiary/aromatic N) is 3. The minimum absolute atomic E-state index is 0.0433. The van der Waals surface area contributed by atoms with Crippen LogP contribution in [0.3, 0.4) is 0 Å². The lowest BCUT2D eigenvalue weighted by Crippen LogP contribution is -2.47. The summed E-state index contributed by atoms with van der Waals surface area (Å²) in [6, 6.07) is 15.9. The van der Waals surface area contributed by atoms with Gasteiger partial charge in [0.15, 0.2) is 0 Å². The molecule has 1 aliphatic rings. The van der Waals surface area contributed by atoms with Crippen LogP contribution in [0.5, 0.6) is 5.75 Å². The van der Waals surface area contributed by atoms with Gasteiger partial charge in [0.2, 0.25) is 0 Å². The molecule has 1 amide bonds. The molecule has 0 bridgehead atoms. The quantitative estimate of drug-likeness (QED) is 0.503. The molecule has 164 valence electrons. The number of nitrogens with one attached hydrogen (secondary N) is 2. The summed E-state index contributed by atoms with van der Waals surface area (Å²) in [6.45, 7) is 1.76. The molecule has 0 radical (unpaired) electrons. The van der Waals surface area contributed by atoms with Crippen LogP contribution in [0.25, 0.3) is 22.2 Å². The Morgan fingerprint density at radius 1 is 1.22 bits per heavy atom. The maximum atomic E-state index is 12.7. The van der Waals surface area contributed by atoms with Crippen molar-refractivity contribution in [3.8, 4) is 17.0 Å². The summed E-state index contributed by atoms with van der Waals surface area (Å²) in [5, 5.41) is 8.69. The van der Waals surface area contributed by atoms with E-state index in [1.807, 2.05) is 36.3 Å². The number of piperidine rings is 1. The number of rotatable bonds is 5. The number of carbonyl (C=O) groups excluding carboxylic acids is 1. The highest BCUT2D eigenvalue weighted by Gasteiger charge is 2.23. The predicted octanol–water partition coefficient (Wildman–Crippen LogP) is 3.98. The van der Waals surface area contributed by atoms with Crippen LogP contribution in [-0.4, -0.2) is 46.9 Å². The predicted molar refractivity (Wildman–Crippen MR) is 126 cm³/mol. The molecule has 1 fully saturated rings. The lowest BCUT2D eigenvalue weighted by molar-refractivity contribution is 0.0933. The number of aryl methyl sites for hydroxylation is 1. The molecule has 0 spiro atoms. The monoisotopic (exact) mass is 429 g/mol. The number of amides is 1. The Labute approximate surface area is 187 Å². The van der Waals surface area contributed by atoms with Crippen molar-refractivity contribution in [3.63, 3.8) is 0 Å². The summed E-state index contributed by atoms with van der Waals surface area (Å²) >= 11 is 0. The zero-order chi connectivity index (χ0) is 22.1. The smallest absolute Gasteiger partial charge is 0.251 e. The highest BCUT2D eigenvalue weighted by atomic mass is 16.5. The van der Waals surface area contributed by atoms with Gasteiger partial charge >= 0.3 is 0 Å². The molecule has 1 aliphatic heterocycles. The third-order valence-corrected chi connectivity index (χ3v) is 6.11. The van der Waals surface area contributed by atoms with Gasteiger partial charge in [-0.3, -0.25) is 9.48 Å². The van der Waals surface area contributed by atoms with Crippen molar-refractivity contribution in [2.45, 2.75) is 18.9 Å². The Morgan fingerprint density at radius 3 is 2.81 bits per heavy atom. The first-order chi connectivity index (χ1) is 15.6. The fourth-order valence-electron chi connectivity index (χ4n) is 4.46. The van der Waals surface area contributed by atoms with Crippen LogP contribution in [0.15, 0.2) is 60.9 Å². The largest absolute Gasteiger partial charge is 0.497 e. The van der Waals surface area contributed by atoms with Crippen molar-refractivity contribution >= 4 is 22.5 Å². The Bertz CT molecular complexity index is 1240. The zero-order valence-electron chi connectivity index (χ0n) is 18.3. The summed E-state index contributed by atoms with van der Waals surface area (Å²) in [5.74, 6) is 0.703. The van der Waals surface area contributed by atoms with Crippen molar-refractivity contribution in [1.29, 1.82) is 0 Å². The highest BCUT2D eigenvalue weighted by molar-refractivity contribution is 5.96. The van der Waals surface area contributed by atoms with Gasteiger partial charge in [-0.25, -0.2) is 0 Å². The number of hydrogen-bond donors (Lipinski definition) is 2. The maximum Gasteiger partial charge on any atom is 0.251 e. The molecule has 5 rings (SSSR count). The fourth-order valence-corrected chi connectivity index (χ4v) is 4.46. The van der Waals surface area contributed by atoms with E-state index in [2.05, 4.69) is 44.6 Å². The van der Waals surface area contributed by atoms with Gasteiger partial charge in [0.25, 0.3) is 5.91 Å². The van der Waals surface area contributed by atoms with E-state index in [9.17, 15) is 4.79 Å². The van der Waals surface area contributed by atoms with Crippen molar-refractivity contribution in [2.24, 2.45) is 7.05 Å². The van der Waals surface area contributed by atoms with Crippen molar-refractivity contribution < 1.29 is 9.53 Å². The minimum Gasteiger partial charge on any atom is -0.497 e. The third-order valence-electron chi connectivity index (χ3n) is 6.11. The highest BCUT2D eigenvalue weighted by Crippen LogP contribution is 2.32. The van der Waals surface area contributed by atoms with Gasteiger partial charge in [-0.15, -0.1) is 0 Å². The minimum atomic E-state index is -0.0433. The molecule has 2 aromatic heterocycles. The summed E-state index contributed by atoms with van der Waals surface area (Å²) in [4.78, 5) is 18.6. The summed E-state index contributed by atoms with van der Waals surface area (Å²) in [7, 11) is 3.54. The van der Waals surface area contributed by atoms with Gasteiger partial charge in [0, 0.05) is 65.8 Å². The normalized spacial score (nSPS) is 16.3. The second-order valence-electron chi connectivity index (χ2n) is 8.31. The van der Waals surface area contributed by atoms with E-state index < -0.39 is 0 Å². The molecule has 7 heteroatoms. The van der Waals surface area contributed by atoms with Crippen LogP contribution >= 0.6 is 0 Å². The van der Waals surface area contributed by atoms with Crippen LogP contribution in [0, 0.1) is 0 Å². The van der Waals surface area contributed by atoms with E-state index in [4.69, 9.17) is 4.74 Å². The van der Waals surface area contributed by atoms with Crippen LogP contribution in [0.2, 0.25) is 0 Å². The van der Waals surface area contributed by atoms with Crippen LogP contribution in [0.4, 0.5) is 5.69 Å². The number of ether oxygens (including phenoxy) is 1. The van der Waals surface area contributed by atoms with Crippen molar-refractivity contribution in [3.05, 3.63) is 66.5 Å². The van der Waals surface area contributed by atoms with Gasteiger partial charge < -0.3 is 19.9 Å². The molecule has 0 unspecified atom stereocenters. The Balaban J connectivity index is 1.34. The van der Waals surface area contributed by atoms with Crippen molar-refractivity contribution in [1.82, 2.24) is 20.1 Å². The maximum absolute atomic E-state index is 12.7. The summed E-state index contributed by atoms with van der Waals surface area (Å²) in [5.41, 5.74) is 5.07. The van der Waals surface area contributed by atoms with E-state index in [-0.39, 0.29) is 11.9 Å². The molecular formula is C25H27N5O2. The van der Waals surface area contributed by atoms with Gasteiger partial charge in [-0.05, 0) is 55.3 Å². The topological polar surface area (TPSA) is 75.2 Å². The molecule has 2 aromatic carbocycles. The molecule has 0 aliphatic carbocycles. The number of aromatic nitrogens is 3. The average molecular weight is 430 g/mol. The first kappa shape index (κ1) is 20.2. The molecule has 0 saturated carbocycles. The Morgan fingerprint density at radius 2 is 2.06 bits per heavy atom. The number of anilines is 1. The molecule has 4 aromatic rings. The number of carbonyl (C=O) groups is 1. The summed E-state index contributed by atoms with van der Waals surface area (Å²) in [6.07, 6.45) is 5.89. The average Bonchev–Trinajstić information content (AvgIpc) is 3.45. The molecule has 1 saturated heterocycles. The van der Waals surface area contributed by atoms with E-state index in [0.29, 0.717) is 5.56 Å². The number of hydrogen-bond acceptors (Lipinski definition) is 4. The number of H-pyrrole nitrogens is 1. The van der Waals surface area contributed by atoms with Crippen LogP contribution < -0.4 is 15.0 Å². The van der Waals surface area contributed by atoms with E-state index in [1.165, 1.54) is 11.1 Å². The lowest BCUT2D eigenvalue weighted by Gasteiger charge is -2.35. The number of methoxy groups -OCH3 is 1. The van der Waals surface area contributed by atoms with Crippen LogP contribution in [-0.2, 0) is 7.05 Å². The molecule has 2 N–H and O–H groups in total. The first-order valence-electron chi connectivity index (χ1n) is 10.9. The second kappa shape index (κ2) is 8.42. The molecule has 1 atom stereocenters. The molecular weight excluding hydrogens is 402 g/mol. The fraction of sp³-hybridized carbons (Fsp3) is 0.280. The number of aromatic amines is 1. The SMILES string of the molecule is COc1ccc(C(=O)N[C@@H]2CCCN(c3cccc4[nH]c(-c5cnn(C)c5)cc34)C2)cc1. The first-order valence-corrected chi connectivity index (χ1v) is 10.9. The molecule has 3 heterocycles. The van der Waals surface area contributed by atoms with E-state index in [1.54, 1.807) is 19.2 Å². The summed E-state index contributed by atoms with van der Waals surface area (Å²) < 4.78 is 6.99. The third kappa shape index (κ3) is 3.93. The Hall–Kier alpha value is -3.74. The van der Waals surface area contributed by atoms with Gasteiger partial charge in [-0.1, -0.05) is 6.07 Å². The van der Waals surface area contributed by atoms with E-state index >= 15 is 0 Å². The van der Waals surface area contributed by atoms with Crippen LogP contribution in [0.1, 0.15) is 23.2 Å². The standard InChI is InChI=1S/C25H27N5O2/c1-29-15-18(14-26-29)23-13-21-22(28-23)6-3-7-24(21)30-12-4-5-19(16-30)27-25(31)17-8-10-20(32-2)11-9-17/h3,6-11,13-15,19,28H,4-5,12,16H2,1-2H3,(H,27,31)/t19-/m1/s1. The second-order valence-corrected chi connectivity index (χ2v) is 8.31. The Kier molecular flexibility index (Phi) is 5.31. The molecule has 7 nitrogen and oxygen atoms in total. The number of benzene rings is 2. The van der Waals surface area contributed by atoms with E-state index in [0.717, 1.165) is 48.5 Å². The van der Waals surface area contributed by atoms with Gasteiger partial charge in [-0.2, -0.15) is 5.10 Å². The van der Waals surface area contributed by atoms with Gasteiger partial charge in [0.05, 0.1) is 13.3 Å². The number of fused-ring (bicyclic) bond motifs is 1.